The molecule has 1 fully saturated rings. The van der Waals surface area contributed by atoms with E-state index in [1.54, 1.807) is 12.1 Å². The zero-order chi connectivity index (χ0) is 16.2. The van der Waals surface area contributed by atoms with Crippen LogP contribution >= 0.6 is 11.6 Å². The molecule has 1 aliphatic rings. The highest BCUT2D eigenvalue weighted by atomic mass is 35.5. The number of hydrogen-bond donors (Lipinski definition) is 2. The smallest absolute Gasteiger partial charge is 0.241 e. The van der Waals surface area contributed by atoms with E-state index < -0.39 is 6.04 Å². The lowest BCUT2D eigenvalue weighted by Crippen LogP contribution is -2.38. The molecule has 1 saturated carbocycles. The maximum atomic E-state index is 13.1. The Morgan fingerprint density at radius 1 is 1.22 bits per heavy atom. The first-order chi connectivity index (χ1) is 11.1. The van der Waals surface area contributed by atoms with Crippen molar-refractivity contribution in [3.8, 4) is 0 Å². The summed E-state index contributed by atoms with van der Waals surface area (Å²) in [6.45, 7) is 0.501. The van der Waals surface area contributed by atoms with Crippen LogP contribution in [-0.4, -0.2) is 11.9 Å². The summed E-state index contributed by atoms with van der Waals surface area (Å²) in [5.41, 5.74) is 1.73. The topological polar surface area (TPSA) is 41.1 Å². The predicted molar refractivity (Wildman–Crippen MR) is 88.6 cm³/mol. The maximum Gasteiger partial charge on any atom is 0.241 e. The summed E-state index contributed by atoms with van der Waals surface area (Å²) < 4.78 is 13.1. The van der Waals surface area contributed by atoms with Gasteiger partial charge < -0.3 is 5.32 Å². The van der Waals surface area contributed by atoms with E-state index in [0.717, 1.165) is 24.0 Å². The van der Waals surface area contributed by atoms with Crippen LogP contribution in [0.2, 0.25) is 5.02 Å². The molecule has 2 N–H and O–H groups in total. The first-order valence-electron chi connectivity index (χ1n) is 7.65. The Morgan fingerprint density at radius 2 is 1.96 bits per heavy atom. The van der Waals surface area contributed by atoms with Gasteiger partial charge in [-0.15, -0.1) is 0 Å². The van der Waals surface area contributed by atoms with Crippen molar-refractivity contribution < 1.29 is 9.18 Å². The van der Waals surface area contributed by atoms with Crippen LogP contribution in [-0.2, 0) is 11.3 Å². The van der Waals surface area contributed by atoms with E-state index >= 15 is 0 Å². The molecule has 0 spiro atoms. The van der Waals surface area contributed by atoms with Gasteiger partial charge in [0.25, 0.3) is 0 Å². The van der Waals surface area contributed by atoms with Crippen LogP contribution in [0.5, 0.6) is 0 Å². The van der Waals surface area contributed by atoms with E-state index in [4.69, 9.17) is 11.6 Å². The number of halogens is 2. The van der Waals surface area contributed by atoms with Crippen LogP contribution in [0.15, 0.2) is 48.5 Å². The summed E-state index contributed by atoms with van der Waals surface area (Å²) in [5, 5.41) is 6.89. The lowest BCUT2D eigenvalue weighted by atomic mass is 10.1. The average molecular weight is 333 g/mol. The second-order valence-electron chi connectivity index (χ2n) is 5.78. The third kappa shape index (κ3) is 4.53. The summed E-state index contributed by atoms with van der Waals surface area (Å²) in [6.07, 6.45) is 2.05. The largest absolute Gasteiger partial charge is 0.352 e. The number of hydrogen-bond acceptors (Lipinski definition) is 2. The summed E-state index contributed by atoms with van der Waals surface area (Å²) >= 11 is 5.99. The van der Waals surface area contributed by atoms with Crippen molar-refractivity contribution in [1.29, 1.82) is 0 Å². The van der Waals surface area contributed by atoms with Crippen LogP contribution in [0, 0.1) is 5.82 Å². The molecule has 0 aromatic heterocycles. The van der Waals surface area contributed by atoms with Crippen LogP contribution in [0.3, 0.4) is 0 Å². The minimum atomic E-state index is -0.518. The van der Waals surface area contributed by atoms with Crippen LogP contribution in [0.25, 0.3) is 0 Å². The molecular weight excluding hydrogens is 315 g/mol. The van der Waals surface area contributed by atoms with E-state index in [2.05, 4.69) is 10.6 Å². The van der Waals surface area contributed by atoms with E-state index in [0.29, 0.717) is 11.6 Å². The highest BCUT2D eigenvalue weighted by Gasteiger charge is 2.28. The monoisotopic (exact) mass is 332 g/mol. The number of benzene rings is 2. The number of rotatable bonds is 6. The summed E-state index contributed by atoms with van der Waals surface area (Å²) in [4.78, 5) is 12.5. The number of amides is 1. The zero-order valence-electron chi connectivity index (χ0n) is 12.6. The van der Waals surface area contributed by atoms with E-state index in [1.165, 1.54) is 12.1 Å². The first kappa shape index (κ1) is 16.0. The van der Waals surface area contributed by atoms with Crippen LogP contribution < -0.4 is 10.6 Å². The molecule has 120 valence electrons. The van der Waals surface area contributed by atoms with Gasteiger partial charge in [0, 0.05) is 17.6 Å². The molecule has 1 aliphatic carbocycles. The SMILES string of the molecule is O=C(NC1CC1)C(NCc1cccc(Cl)c1)c1ccc(F)cc1. The molecule has 5 heteroatoms. The molecule has 23 heavy (non-hydrogen) atoms. The van der Waals surface area contributed by atoms with E-state index in [-0.39, 0.29) is 17.8 Å². The van der Waals surface area contributed by atoms with Gasteiger partial charge in [-0.25, -0.2) is 4.39 Å². The van der Waals surface area contributed by atoms with E-state index in [9.17, 15) is 9.18 Å². The summed E-state index contributed by atoms with van der Waals surface area (Å²) in [5.74, 6) is -0.397. The van der Waals surface area contributed by atoms with Crippen LogP contribution in [0.1, 0.15) is 30.0 Å². The first-order valence-corrected chi connectivity index (χ1v) is 8.03. The minimum absolute atomic E-state index is 0.0823. The van der Waals surface area contributed by atoms with Crippen molar-refractivity contribution in [2.24, 2.45) is 0 Å². The Labute approximate surface area is 139 Å². The Balaban J connectivity index is 1.73. The van der Waals surface area contributed by atoms with Gasteiger partial charge in [0.05, 0.1) is 0 Å². The maximum absolute atomic E-state index is 13.1. The Morgan fingerprint density at radius 3 is 2.61 bits per heavy atom. The van der Waals surface area contributed by atoms with Gasteiger partial charge >= 0.3 is 0 Å². The molecule has 2 aromatic carbocycles. The quantitative estimate of drug-likeness (QED) is 0.848. The molecule has 0 heterocycles. The second kappa shape index (κ2) is 7.11. The lowest BCUT2D eigenvalue weighted by molar-refractivity contribution is -0.123. The number of carbonyl (C=O) groups excluding carboxylic acids is 1. The van der Waals surface area contributed by atoms with Crippen molar-refractivity contribution in [1.82, 2.24) is 10.6 Å². The molecule has 0 radical (unpaired) electrons. The summed E-state index contributed by atoms with van der Waals surface area (Å²) in [6, 6.07) is 13.2. The van der Waals surface area contributed by atoms with Gasteiger partial charge in [-0.05, 0) is 48.2 Å². The molecule has 0 saturated heterocycles. The van der Waals surface area contributed by atoms with Crippen molar-refractivity contribution in [2.75, 3.05) is 0 Å². The third-order valence-corrected chi connectivity index (χ3v) is 4.02. The molecule has 1 unspecified atom stereocenters. The Bertz CT molecular complexity index is 686. The molecule has 3 nitrogen and oxygen atoms in total. The molecular formula is C18H18ClFN2O. The standard InChI is InChI=1S/C18H18ClFN2O/c19-14-3-1-2-12(10-14)11-21-17(18(23)22-16-8-9-16)13-4-6-15(20)7-5-13/h1-7,10,16-17,21H,8-9,11H2,(H,22,23). The number of carbonyl (C=O) groups is 1. The Kier molecular flexibility index (Phi) is 4.94. The van der Waals surface area contributed by atoms with Gasteiger partial charge in [0.15, 0.2) is 0 Å². The Hall–Kier alpha value is -1.91. The van der Waals surface area contributed by atoms with Crippen LogP contribution in [0.4, 0.5) is 4.39 Å². The highest BCUT2D eigenvalue weighted by Crippen LogP contribution is 2.22. The molecule has 0 bridgehead atoms. The normalized spacial score (nSPS) is 15.2. The minimum Gasteiger partial charge on any atom is -0.352 e. The molecule has 1 amide bonds. The molecule has 2 aromatic rings. The fourth-order valence-electron chi connectivity index (χ4n) is 2.40. The molecule has 0 aliphatic heterocycles. The lowest BCUT2D eigenvalue weighted by Gasteiger charge is -2.19. The fourth-order valence-corrected chi connectivity index (χ4v) is 2.61. The fraction of sp³-hybridized carbons (Fsp3) is 0.278. The second-order valence-corrected chi connectivity index (χ2v) is 6.21. The van der Waals surface area contributed by atoms with Crippen molar-refractivity contribution in [3.05, 3.63) is 70.5 Å². The van der Waals surface area contributed by atoms with E-state index in [1.807, 2.05) is 24.3 Å². The predicted octanol–water partition coefficient (Wildman–Crippen LogP) is 3.59. The van der Waals surface area contributed by atoms with Gasteiger partial charge in [0.2, 0.25) is 5.91 Å². The average Bonchev–Trinajstić information content (AvgIpc) is 3.33. The third-order valence-electron chi connectivity index (χ3n) is 3.79. The number of nitrogens with one attached hydrogen (secondary N) is 2. The van der Waals surface area contributed by atoms with Gasteiger partial charge in [0.1, 0.15) is 11.9 Å². The molecule has 1 atom stereocenters. The van der Waals surface area contributed by atoms with Crippen molar-refractivity contribution in [2.45, 2.75) is 31.5 Å². The van der Waals surface area contributed by atoms with Gasteiger partial charge in [-0.2, -0.15) is 0 Å². The zero-order valence-corrected chi connectivity index (χ0v) is 13.3. The van der Waals surface area contributed by atoms with Crippen molar-refractivity contribution >= 4 is 17.5 Å². The van der Waals surface area contributed by atoms with Gasteiger partial charge in [-0.3, -0.25) is 10.1 Å². The van der Waals surface area contributed by atoms with Crippen molar-refractivity contribution in [3.63, 3.8) is 0 Å². The van der Waals surface area contributed by atoms with Gasteiger partial charge in [-0.1, -0.05) is 35.9 Å². The molecule has 3 rings (SSSR count). The summed E-state index contributed by atoms with van der Waals surface area (Å²) in [7, 11) is 0. The highest BCUT2D eigenvalue weighted by molar-refractivity contribution is 6.30.